The maximum absolute atomic E-state index is 14.4. The molecule has 0 bridgehead atoms. The average molecular weight is 427 g/mol. The number of hydrogen-bond acceptors (Lipinski definition) is 7. The third-order valence-electron chi connectivity index (χ3n) is 4.45. The van der Waals surface area contributed by atoms with Crippen molar-refractivity contribution in [3.8, 4) is 5.75 Å². The highest BCUT2D eigenvalue weighted by Crippen LogP contribution is 2.40. The SMILES string of the molecule is COc1ccc(C(=O)Nc2cnc(F)c(C3(C)CC(C(F)(F)F)OC(N)=N3)c2)nc1. The van der Waals surface area contributed by atoms with E-state index in [0.29, 0.717) is 5.75 Å². The van der Waals surface area contributed by atoms with Gasteiger partial charge in [0.1, 0.15) is 11.4 Å². The number of carbonyl (C=O) groups is 1. The minimum atomic E-state index is -4.72. The molecule has 0 aromatic carbocycles. The summed E-state index contributed by atoms with van der Waals surface area (Å²) in [6.07, 6.45) is -5.34. The van der Waals surface area contributed by atoms with Crippen molar-refractivity contribution in [2.24, 2.45) is 10.7 Å². The molecule has 0 saturated carbocycles. The number of methoxy groups -OCH3 is 1. The number of halogens is 4. The number of amidine groups is 1. The summed E-state index contributed by atoms with van der Waals surface area (Å²) in [5.41, 5.74) is 3.50. The first-order valence-corrected chi connectivity index (χ1v) is 8.58. The van der Waals surface area contributed by atoms with E-state index in [4.69, 9.17) is 10.5 Å². The maximum Gasteiger partial charge on any atom is 0.425 e. The fourth-order valence-electron chi connectivity index (χ4n) is 2.94. The minimum Gasteiger partial charge on any atom is -0.495 e. The molecule has 3 heterocycles. The second kappa shape index (κ2) is 7.76. The molecule has 2 aromatic rings. The number of pyridine rings is 2. The number of hydrogen-bond donors (Lipinski definition) is 2. The summed E-state index contributed by atoms with van der Waals surface area (Å²) in [5.74, 6) is -1.23. The smallest absolute Gasteiger partial charge is 0.425 e. The van der Waals surface area contributed by atoms with Gasteiger partial charge in [-0.3, -0.25) is 4.79 Å². The first-order chi connectivity index (χ1) is 14.0. The van der Waals surface area contributed by atoms with Gasteiger partial charge in [-0.1, -0.05) is 0 Å². The first-order valence-electron chi connectivity index (χ1n) is 8.58. The van der Waals surface area contributed by atoms with E-state index >= 15 is 0 Å². The first kappa shape index (κ1) is 21.3. The molecule has 2 unspecified atom stereocenters. The molecule has 3 N–H and O–H groups in total. The summed E-state index contributed by atoms with van der Waals surface area (Å²) >= 11 is 0. The predicted octanol–water partition coefficient (Wildman–Crippen LogP) is 2.76. The average Bonchev–Trinajstić information content (AvgIpc) is 2.68. The van der Waals surface area contributed by atoms with Crippen LogP contribution in [0.5, 0.6) is 5.75 Å². The molecule has 1 aliphatic rings. The van der Waals surface area contributed by atoms with Crippen molar-refractivity contribution in [1.29, 1.82) is 0 Å². The van der Waals surface area contributed by atoms with Gasteiger partial charge in [-0.05, 0) is 25.1 Å². The van der Waals surface area contributed by atoms with Gasteiger partial charge >= 0.3 is 6.18 Å². The van der Waals surface area contributed by atoms with Crippen LogP contribution in [0.25, 0.3) is 0 Å². The Kier molecular flexibility index (Phi) is 5.51. The van der Waals surface area contributed by atoms with Crippen molar-refractivity contribution in [2.75, 3.05) is 12.4 Å². The van der Waals surface area contributed by atoms with Gasteiger partial charge < -0.3 is 20.5 Å². The van der Waals surface area contributed by atoms with Crippen LogP contribution >= 0.6 is 0 Å². The number of amides is 1. The van der Waals surface area contributed by atoms with E-state index in [1.165, 1.54) is 32.4 Å². The van der Waals surface area contributed by atoms with E-state index in [2.05, 4.69) is 25.0 Å². The molecule has 12 heteroatoms. The number of nitrogens with zero attached hydrogens (tertiary/aromatic N) is 3. The molecule has 2 atom stereocenters. The number of rotatable bonds is 4. The van der Waals surface area contributed by atoms with Crippen LogP contribution in [0.1, 0.15) is 29.4 Å². The van der Waals surface area contributed by atoms with Crippen LogP contribution in [0.15, 0.2) is 35.6 Å². The van der Waals surface area contributed by atoms with Gasteiger partial charge in [-0.15, -0.1) is 0 Å². The van der Waals surface area contributed by atoms with E-state index in [1.54, 1.807) is 0 Å². The summed E-state index contributed by atoms with van der Waals surface area (Å²) in [6.45, 7) is 1.28. The maximum atomic E-state index is 14.4. The molecule has 1 aliphatic heterocycles. The van der Waals surface area contributed by atoms with Crippen molar-refractivity contribution in [3.63, 3.8) is 0 Å². The quantitative estimate of drug-likeness (QED) is 0.573. The fourth-order valence-corrected chi connectivity index (χ4v) is 2.94. The number of carbonyl (C=O) groups excluding carboxylic acids is 1. The number of aromatic nitrogens is 2. The van der Waals surface area contributed by atoms with Gasteiger partial charge in [0.15, 0.2) is 6.10 Å². The summed E-state index contributed by atoms with van der Waals surface area (Å²) in [6, 6.07) is 3.36. The zero-order valence-electron chi connectivity index (χ0n) is 15.8. The molecule has 0 spiro atoms. The molecular weight excluding hydrogens is 410 g/mol. The summed E-state index contributed by atoms with van der Waals surface area (Å²) < 4.78 is 63.4. The van der Waals surface area contributed by atoms with Crippen molar-refractivity contribution < 1.29 is 31.8 Å². The Balaban J connectivity index is 1.89. The lowest BCUT2D eigenvalue weighted by Crippen LogP contribution is -2.46. The molecule has 3 rings (SSSR count). The molecule has 30 heavy (non-hydrogen) atoms. The van der Waals surface area contributed by atoms with Crippen LogP contribution in [0, 0.1) is 5.95 Å². The Bertz CT molecular complexity index is 981. The van der Waals surface area contributed by atoms with Gasteiger partial charge in [0, 0.05) is 12.0 Å². The number of alkyl halides is 3. The molecule has 1 amide bonds. The standard InChI is InChI=1S/C18H17F4N5O3/c1-17(6-13(18(20,21)22)30-16(23)27-17)11-5-9(7-25-14(11)19)26-15(28)12-4-3-10(29-2)8-24-12/h3-5,7-8,13H,6H2,1-2H3,(H2,23,27)(H,26,28). The van der Waals surface area contributed by atoms with E-state index < -0.39 is 42.1 Å². The highest BCUT2D eigenvalue weighted by Gasteiger charge is 2.50. The highest BCUT2D eigenvalue weighted by atomic mass is 19.4. The number of nitrogens with one attached hydrogen (secondary N) is 1. The lowest BCUT2D eigenvalue weighted by atomic mass is 9.86. The topological polar surface area (TPSA) is 112 Å². The lowest BCUT2D eigenvalue weighted by Gasteiger charge is -2.35. The highest BCUT2D eigenvalue weighted by molar-refractivity contribution is 6.02. The monoisotopic (exact) mass is 427 g/mol. The molecule has 160 valence electrons. The Labute approximate surface area is 168 Å². The number of ether oxygens (including phenoxy) is 2. The van der Waals surface area contributed by atoms with E-state index in [0.717, 1.165) is 12.3 Å². The zero-order valence-corrected chi connectivity index (χ0v) is 15.8. The van der Waals surface area contributed by atoms with Gasteiger partial charge in [0.05, 0.1) is 30.7 Å². The summed E-state index contributed by atoms with van der Waals surface area (Å²) in [5, 5.41) is 2.47. The second-order valence-electron chi connectivity index (χ2n) is 6.68. The normalized spacial score (nSPS) is 21.4. The van der Waals surface area contributed by atoms with Crippen molar-refractivity contribution in [1.82, 2.24) is 9.97 Å². The lowest BCUT2D eigenvalue weighted by molar-refractivity contribution is -0.208. The zero-order chi connectivity index (χ0) is 22.1. The van der Waals surface area contributed by atoms with Crippen LogP contribution in [-0.4, -0.2) is 41.3 Å². The van der Waals surface area contributed by atoms with E-state index in [1.807, 2.05) is 0 Å². The van der Waals surface area contributed by atoms with Crippen LogP contribution in [0.2, 0.25) is 0 Å². The van der Waals surface area contributed by atoms with Crippen LogP contribution in [0.3, 0.4) is 0 Å². The molecule has 0 radical (unpaired) electrons. The van der Waals surface area contributed by atoms with Crippen molar-refractivity contribution in [2.45, 2.75) is 31.2 Å². The molecular formula is C18H17F4N5O3. The Morgan fingerprint density at radius 1 is 1.33 bits per heavy atom. The van der Waals surface area contributed by atoms with E-state index in [9.17, 15) is 22.4 Å². The molecule has 8 nitrogen and oxygen atoms in total. The fraction of sp³-hybridized carbons (Fsp3) is 0.333. The number of aliphatic imine (C=N–C) groups is 1. The summed E-state index contributed by atoms with van der Waals surface area (Å²) in [4.78, 5) is 23.7. The molecule has 0 aliphatic carbocycles. The van der Waals surface area contributed by atoms with Gasteiger partial charge in [-0.25, -0.2) is 15.0 Å². The van der Waals surface area contributed by atoms with Crippen molar-refractivity contribution >= 4 is 17.6 Å². The summed E-state index contributed by atoms with van der Waals surface area (Å²) in [7, 11) is 1.44. The predicted molar refractivity (Wildman–Crippen MR) is 97.5 cm³/mol. The second-order valence-corrected chi connectivity index (χ2v) is 6.68. The van der Waals surface area contributed by atoms with Crippen LogP contribution in [0.4, 0.5) is 23.2 Å². The third-order valence-corrected chi connectivity index (χ3v) is 4.45. The van der Waals surface area contributed by atoms with Crippen LogP contribution < -0.4 is 15.8 Å². The molecule has 0 fully saturated rings. The largest absolute Gasteiger partial charge is 0.495 e. The van der Waals surface area contributed by atoms with Gasteiger partial charge in [0.25, 0.3) is 11.9 Å². The van der Waals surface area contributed by atoms with Crippen LogP contribution in [-0.2, 0) is 10.3 Å². The van der Waals surface area contributed by atoms with Crippen molar-refractivity contribution in [3.05, 3.63) is 47.8 Å². The Morgan fingerprint density at radius 2 is 2.07 bits per heavy atom. The van der Waals surface area contributed by atoms with E-state index in [-0.39, 0.29) is 16.9 Å². The number of nitrogens with two attached hydrogens (primary N) is 1. The molecule has 2 aromatic heterocycles. The molecule has 0 saturated heterocycles. The third kappa shape index (κ3) is 4.42. The minimum absolute atomic E-state index is 0.0401. The number of anilines is 1. The van der Waals surface area contributed by atoms with Gasteiger partial charge in [0.2, 0.25) is 5.95 Å². The Morgan fingerprint density at radius 3 is 2.67 bits per heavy atom. The van der Waals surface area contributed by atoms with Gasteiger partial charge in [-0.2, -0.15) is 17.6 Å². The Hall–Kier alpha value is -3.44.